The van der Waals surface area contributed by atoms with E-state index in [2.05, 4.69) is 31.0 Å². The molecule has 0 bridgehead atoms. The molecule has 2 aromatic rings. The predicted octanol–water partition coefficient (Wildman–Crippen LogP) is 1.92. The fourth-order valence-corrected chi connectivity index (χ4v) is 2.45. The third kappa shape index (κ3) is 4.79. The number of nitrogens with zero attached hydrogens (tertiary/aromatic N) is 4. The summed E-state index contributed by atoms with van der Waals surface area (Å²) >= 11 is 0. The van der Waals surface area contributed by atoms with Crippen molar-refractivity contribution >= 4 is 23.2 Å². The highest BCUT2D eigenvalue weighted by Gasteiger charge is 2.14. The summed E-state index contributed by atoms with van der Waals surface area (Å²) in [6.45, 7) is 0. The minimum Gasteiger partial charge on any atom is -0.267 e. The van der Waals surface area contributed by atoms with Crippen molar-refractivity contribution in [1.29, 1.82) is 0 Å². The summed E-state index contributed by atoms with van der Waals surface area (Å²) in [7, 11) is 0. The molecule has 132 valence electrons. The van der Waals surface area contributed by atoms with Crippen molar-refractivity contribution in [1.82, 2.24) is 20.8 Å². The van der Waals surface area contributed by atoms with Gasteiger partial charge in [0, 0.05) is 47.3 Å². The van der Waals surface area contributed by atoms with Gasteiger partial charge in [-0.25, -0.2) is 10.9 Å². The van der Waals surface area contributed by atoms with Gasteiger partial charge in [-0.2, -0.15) is 10.2 Å². The first-order chi connectivity index (χ1) is 12.7. The van der Waals surface area contributed by atoms with Crippen LogP contribution in [0.1, 0.15) is 46.4 Å². The number of nitrogens with one attached hydrogen (secondary N) is 2. The zero-order valence-electron chi connectivity index (χ0n) is 14.1. The molecule has 2 heterocycles. The molecule has 0 spiro atoms. The third-order valence-corrected chi connectivity index (χ3v) is 3.92. The van der Waals surface area contributed by atoms with E-state index >= 15 is 0 Å². The fraction of sp³-hybridized carbons (Fsp3) is 0.222. The second-order valence-electron chi connectivity index (χ2n) is 5.71. The molecule has 0 radical (unpaired) electrons. The molecule has 0 atom stereocenters. The summed E-state index contributed by atoms with van der Waals surface area (Å²) in [5.41, 5.74) is 7.97. The Labute approximate surface area is 150 Å². The number of hydrogen-bond acceptors (Lipinski definition) is 6. The summed E-state index contributed by atoms with van der Waals surface area (Å²) in [5.74, 6) is -0.520. The number of amides is 2. The van der Waals surface area contributed by atoms with Gasteiger partial charge in [0.05, 0.1) is 0 Å². The normalized spacial score (nSPS) is 13.7. The lowest BCUT2D eigenvalue weighted by molar-refractivity contribution is 0.0946. The summed E-state index contributed by atoms with van der Waals surface area (Å²) < 4.78 is 0. The van der Waals surface area contributed by atoms with E-state index in [4.69, 9.17) is 0 Å². The van der Waals surface area contributed by atoms with Gasteiger partial charge in [0.15, 0.2) is 0 Å². The highest BCUT2D eigenvalue weighted by molar-refractivity contribution is 6.00. The molecule has 2 aromatic heterocycles. The Morgan fingerprint density at radius 2 is 1.04 bits per heavy atom. The van der Waals surface area contributed by atoms with Crippen LogP contribution in [0.3, 0.4) is 0 Å². The first kappa shape index (κ1) is 17.4. The standard InChI is InChI=1S/C18H18N6O2/c25-17(13-5-9-19-10-6-13)23-21-15-1-2-16(4-3-15)22-24-18(26)14-7-11-20-12-8-14/h5-12H,1-4H2,(H,23,25)(H,24,26). The molecule has 3 rings (SSSR count). The summed E-state index contributed by atoms with van der Waals surface area (Å²) in [4.78, 5) is 31.6. The van der Waals surface area contributed by atoms with Crippen LogP contribution >= 0.6 is 0 Å². The number of carbonyl (C=O) groups is 2. The van der Waals surface area contributed by atoms with Gasteiger partial charge in [-0.15, -0.1) is 0 Å². The Hall–Kier alpha value is -3.42. The highest BCUT2D eigenvalue weighted by Crippen LogP contribution is 2.13. The van der Waals surface area contributed by atoms with E-state index in [1.807, 2.05) is 0 Å². The lowest BCUT2D eigenvalue weighted by atomic mass is 9.97. The molecule has 0 aliphatic heterocycles. The summed E-state index contributed by atoms with van der Waals surface area (Å²) in [5, 5.41) is 8.37. The molecule has 2 amide bonds. The van der Waals surface area contributed by atoms with E-state index in [-0.39, 0.29) is 11.8 Å². The topological polar surface area (TPSA) is 109 Å². The van der Waals surface area contributed by atoms with Crippen molar-refractivity contribution in [2.24, 2.45) is 10.2 Å². The van der Waals surface area contributed by atoms with Crippen LogP contribution in [0.5, 0.6) is 0 Å². The number of rotatable bonds is 4. The molecule has 0 aromatic carbocycles. The van der Waals surface area contributed by atoms with Gasteiger partial charge >= 0.3 is 0 Å². The molecule has 1 fully saturated rings. The SMILES string of the molecule is O=C(NN=C1CCC(=NNC(=O)c2ccncc2)CC1)c1ccncc1. The molecule has 26 heavy (non-hydrogen) atoms. The first-order valence-corrected chi connectivity index (χ1v) is 8.24. The number of hydrogen-bond donors (Lipinski definition) is 2. The van der Waals surface area contributed by atoms with Crippen LogP contribution in [0.15, 0.2) is 59.3 Å². The maximum absolute atomic E-state index is 11.9. The number of carbonyl (C=O) groups excluding carboxylic acids is 2. The van der Waals surface area contributed by atoms with Gasteiger partial charge in [-0.3, -0.25) is 19.6 Å². The summed E-state index contributed by atoms with van der Waals surface area (Å²) in [6.07, 6.45) is 9.02. The minimum atomic E-state index is -0.260. The van der Waals surface area contributed by atoms with E-state index in [9.17, 15) is 9.59 Å². The zero-order chi connectivity index (χ0) is 18.2. The predicted molar refractivity (Wildman–Crippen MR) is 96.7 cm³/mol. The van der Waals surface area contributed by atoms with Crippen molar-refractivity contribution in [3.8, 4) is 0 Å². The maximum Gasteiger partial charge on any atom is 0.271 e. The molecule has 0 unspecified atom stereocenters. The van der Waals surface area contributed by atoms with Crippen LogP contribution in [0, 0.1) is 0 Å². The van der Waals surface area contributed by atoms with Gasteiger partial charge in [0.1, 0.15) is 0 Å². The van der Waals surface area contributed by atoms with E-state index in [0.717, 1.165) is 11.4 Å². The van der Waals surface area contributed by atoms with Crippen LogP contribution in [-0.4, -0.2) is 33.2 Å². The molecule has 8 nitrogen and oxygen atoms in total. The first-order valence-electron chi connectivity index (χ1n) is 8.24. The van der Waals surface area contributed by atoms with Crippen molar-refractivity contribution in [3.63, 3.8) is 0 Å². The fourth-order valence-electron chi connectivity index (χ4n) is 2.45. The van der Waals surface area contributed by atoms with Gasteiger partial charge in [0.2, 0.25) is 0 Å². The Morgan fingerprint density at radius 1 is 0.692 bits per heavy atom. The molecule has 8 heteroatoms. The molecule has 0 saturated heterocycles. The van der Waals surface area contributed by atoms with Crippen molar-refractivity contribution in [3.05, 3.63) is 60.2 Å². The maximum atomic E-state index is 11.9. The van der Waals surface area contributed by atoms with E-state index < -0.39 is 0 Å². The highest BCUT2D eigenvalue weighted by atomic mass is 16.2. The second kappa shape index (κ2) is 8.61. The van der Waals surface area contributed by atoms with E-state index in [1.165, 1.54) is 0 Å². The van der Waals surface area contributed by atoms with Gasteiger partial charge in [-0.05, 0) is 49.9 Å². The molecule has 1 aliphatic carbocycles. The van der Waals surface area contributed by atoms with Crippen LogP contribution in [0.25, 0.3) is 0 Å². The van der Waals surface area contributed by atoms with Gasteiger partial charge < -0.3 is 0 Å². The lowest BCUT2D eigenvalue weighted by Gasteiger charge is -2.15. The third-order valence-electron chi connectivity index (χ3n) is 3.92. The lowest BCUT2D eigenvalue weighted by Crippen LogP contribution is -2.24. The van der Waals surface area contributed by atoms with Crippen molar-refractivity contribution in [2.75, 3.05) is 0 Å². The van der Waals surface area contributed by atoms with Crippen LogP contribution < -0.4 is 10.9 Å². The Morgan fingerprint density at radius 3 is 1.38 bits per heavy atom. The zero-order valence-corrected chi connectivity index (χ0v) is 14.1. The quantitative estimate of drug-likeness (QED) is 0.821. The second-order valence-corrected chi connectivity index (χ2v) is 5.71. The van der Waals surface area contributed by atoms with Gasteiger partial charge in [-0.1, -0.05) is 0 Å². The molecule has 1 saturated carbocycles. The van der Waals surface area contributed by atoms with Crippen molar-refractivity contribution < 1.29 is 9.59 Å². The monoisotopic (exact) mass is 350 g/mol. The smallest absolute Gasteiger partial charge is 0.267 e. The summed E-state index contributed by atoms with van der Waals surface area (Å²) in [6, 6.07) is 6.53. The van der Waals surface area contributed by atoms with Crippen LogP contribution in [0.4, 0.5) is 0 Å². The van der Waals surface area contributed by atoms with Gasteiger partial charge in [0.25, 0.3) is 11.8 Å². The minimum absolute atomic E-state index is 0.260. The number of aromatic nitrogens is 2. The number of hydrazone groups is 2. The molecule has 2 N–H and O–H groups in total. The van der Waals surface area contributed by atoms with Crippen LogP contribution in [0.2, 0.25) is 0 Å². The van der Waals surface area contributed by atoms with Crippen molar-refractivity contribution in [2.45, 2.75) is 25.7 Å². The molecular weight excluding hydrogens is 332 g/mol. The molecular formula is C18H18N6O2. The van der Waals surface area contributed by atoms with E-state index in [1.54, 1.807) is 49.1 Å². The largest absolute Gasteiger partial charge is 0.271 e. The van der Waals surface area contributed by atoms with E-state index in [0.29, 0.717) is 36.8 Å². The molecule has 1 aliphatic rings. The Kier molecular flexibility index (Phi) is 5.76. The average molecular weight is 350 g/mol. The Balaban J connectivity index is 1.48. The van der Waals surface area contributed by atoms with Crippen LogP contribution in [-0.2, 0) is 0 Å². The Bertz CT molecular complexity index is 750. The number of pyridine rings is 2. The average Bonchev–Trinajstić information content (AvgIpc) is 2.72.